The Labute approximate surface area is 162 Å². The zero-order chi connectivity index (χ0) is 18.8. The van der Waals surface area contributed by atoms with E-state index in [1.165, 1.54) is 19.3 Å². The van der Waals surface area contributed by atoms with Crippen molar-refractivity contribution < 1.29 is 9.53 Å². The summed E-state index contributed by atoms with van der Waals surface area (Å²) >= 11 is 0. The molecule has 2 saturated carbocycles. The number of piperidine rings is 1. The Balaban J connectivity index is 1.30. The Hall–Kier alpha value is -1.75. The van der Waals surface area contributed by atoms with E-state index in [2.05, 4.69) is 22.3 Å². The van der Waals surface area contributed by atoms with Crippen molar-refractivity contribution in [2.24, 2.45) is 23.5 Å². The Morgan fingerprint density at radius 3 is 2.44 bits per heavy atom. The van der Waals surface area contributed by atoms with Crippen molar-refractivity contribution in [1.82, 2.24) is 5.32 Å². The lowest BCUT2D eigenvalue weighted by Crippen LogP contribution is -2.51. The van der Waals surface area contributed by atoms with Crippen molar-refractivity contribution in [3.8, 4) is 5.75 Å². The Bertz CT molecular complexity index is 643. The summed E-state index contributed by atoms with van der Waals surface area (Å²) in [6.45, 7) is 1.90. The summed E-state index contributed by atoms with van der Waals surface area (Å²) in [4.78, 5) is 15.2. The highest BCUT2D eigenvalue weighted by Crippen LogP contribution is 2.42. The molecule has 1 amide bonds. The molecule has 148 valence electrons. The minimum absolute atomic E-state index is 0.173. The molecule has 0 spiro atoms. The van der Waals surface area contributed by atoms with Crippen molar-refractivity contribution in [1.29, 1.82) is 0 Å². The normalized spacial score (nSPS) is 31.4. The van der Waals surface area contributed by atoms with E-state index in [1.807, 2.05) is 12.1 Å². The third-order valence-electron chi connectivity index (χ3n) is 7.05. The highest BCUT2D eigenvalue weighted by Gasteiger charge is 2.40. The number of benzene rings is 1. The van der Waals surface area contributed by atoms with Gasteiger partial charge < -0.3 is 20.7 Å². The number of methoxy groups -OCH3 is 1. The van der Waals surface area contributed by atoms with Crippen molar-refractivity contribution in [3.63, 3.8) is 0 Å². The van der Waals surface area contributed by atoms with E-state index < -0.39 is 0 Å². The number of nitrogens with zero attached hydrogens (tertiary/aromatic N) is 1. The van der Waals surface area contributed by atoms with Crippen molar-refractivity contribution in [2.75, 3.05) is 25.1 Å². The molecule has 0 radical (unpaired) electrons. The maximum atomic E-state index is 12.9. The predicted octanol–water partition coefficient (Wildman–Crippen LogP) is 2.93. The molecule has 3 N–H and O–H groups in total. The molecular formula is C22H33N3O2. The molecule has 3 aliphatic rings. The SMILES string of the molecule is COc1ccccc1N1CCC(NC(=O)C2CC3CCCC(C2)C3N)CC1. The Morgan fingerprint density at radius 1 is 1.11 bits per heavy atom. The fourth-order valence-electron chi connectivity index (χ4n) is 5.48. The molecule has 1 heterocycles. The number of ether oxygens (including phenoxy) is 1. The Kier molecular flexibility index (Phi) is 5.58. The number of nitrogens with one attached hydrogen (secondary N) is 1. The molecule has 1 aromatic carbocycles. The third kappa shape index (κ3) is 3.93. The first-order chi connectivity index (χ1) is 13.2. The van der Waals surface area contributed by atoms with Crippen LogP contribution in [0.1, 0.15) is 44.9 Å². The van der Waals surface area contributed by atoms with Gasteiger partial charge in [0.05, 0.1) is 12.8 Å². The smallest absolute Gasteiger partial charge is 0.223 e. The van der Waals surface area contributed by atoms with Crippen molar-refractivity contribution >= 4 is 11.6 Å². The molecule has 1 saturated heterocycles. The second-order valence-corrected chi connectivity index (χ2v) is 8.64. The van der Waals surface area contributed by atoms with E-state index in [-0.39, 0.29) is 11.8 Å². The number of amides is 1. The van der Waals surface area contributed by atoms with Crippen LogP contribution in [0.25, 0.3) is 0 Å². The molecule has 5 heteroatoms. The van der Waals surface area contributed by atoms with Crippen LogP contribution in [-0.4, -0.2) is 38.2 Å². The first-order valence-electron chi connectivity index (χ1n) is 10.6. The Morgan fingerprint density at radius 2 is 1.78 bits per heavy atom. The molecule has 2 unspecified atom stereocenters. The average molecular weight is 372 g/mol. The quantitative estimate of drug-likeness (QED) is 0.854. The molecule has 2 atom stereocenters. The van der Waals surface area contributed by atoms with E-state index in [4.69, 9.17) is 10.5 Å². The molecule has 1 aromatic rings. The summed E-state index contributed by atoms with van der Waals surface area (Å²) in [5.41, 5.74) is 7.53. The third-order valence-corrected chi connectivity index (χ3v) is 7.05. The number of carbonyl (C=O) groups excluding carboxylic acids is 1. The zero-order valence-corrected chi connectivity index (χ0v) is 16.4. The average Bonchev–Trinajstić information content (AvgIpc) is 2.68. The molecule has 2 bridgehead atoms. The van der Waals surface area contributed by atoms with Gasteiger partial charge in [0.15, 0.2) is 0 Å². The number of fused-ring (bicyclic) bond motifs is 2. The lowest BCUT2D eigenvalue weighted by Gasteiger charge is -2.44. The van der Waals surface area contributed by atoms with E-state index in [1.54, 1.807) is 7.11 Å². The van der Waals surface area contributed by atoms with E-state index in [0.717, 1.165) is 50.2 Å². The van der Waals surface area contributed by atoms with Crippen LogP contribution < -0.4 is 20.7 Å². The van der Waals surface area contributed by atoms with Gasteiger partial charge in [-0.25, -0.2) is 0 Å². The van der Waals surface area contributed by atoms with Crippen LogP contribution in [-0.2, 0) is 4.79 Å². The second-order valence-electron chi connectivity index (χ2n) is 8.64. The summed E-state index contributed by atoms with van der Waals surface area (Å²) in [5.74, 6) is 2.48. The maximum absolute atomic E-state index is 12.9. The number of anilines is 1. The first kappa shape index (κ1) is 18.6. The van der Waals surface area contributed by atoms with E-state index in [0.29, 0.717) is 23.9 Å². The summed E-state index contributed by atoms with van der Waals surface area (Å²) in [6.07, 6.45) is 7.66. The molecule has 2 aliphatic carbocycles. The fourth-order valence-corrected chi connectivity index (χ4v) is 5.48. The van der Waals surface area contributed by atoms with Gasteiger partial charge in [0, 0.05) is 31.1 Å². The number of rotatable bonds is 4. The topological polar surface area (TPSA) is 67.6 Å². The molecule has 0 aromatic heterocycles. The number of para-hydroxylation sites is 2. The largest absolute Gasteiger partial charge is 0.495 e. The van der Waals surface area contributed by atoms with Crippen LogP contribution in [0, 0.1) is 17.8 Å². The summed E-state index contributed by atoms with van der Waals surface area (Å²) in [6, 6.07) is 8.79. The lowest BCUT2D eigenvalue weighted by molar-refractivity contribution is -0.128. The molecule has 3 fully saturated rings. The standard InChI is InChI=1S/C22H33N3O2/c1-27-20-8-3-2-7-19(20)25-11-9-18(10-12-25)24-22(26)17-13-15-5-4-6-16(14-17)21(15)23/h2-3,7-8,15-18,21H,4-6,9-14,23H2,1H3,(H,24,26). The van der Waals surface area contributed by atoms with Gasteiger partial charge in [0.25, 0.3) is 0 Å². The van der Waals surface area contributed by atoms with Gasteiger partial charge >= 0.3 is 0 Å². The molecule has 4 rings (SSSR count). The highest BCUT2D eigenvalue weighted by atomic mass is 16.5. The highest BCUT2D eigenvalue weighted by molar-refractivity contribution is 5.79. The maximum Gasteiger partial charge on any atom is 0.223 e. The van der Waals surface area contributed by atoms with Crippen LogP contribution in [0.15, 0.2) is 24.3 Å². The summed E-state index contributed by atoms with van der Waals surface area (Å²) in [7, 11) is 1.72. The zero-order valence-electron chi connectivity index (χ0n) is 16.4. The number of carbonyl (C=O) groups is 1. The van der Waals surface area contributed by atoms with Gasteiger partial charge in [-0.1, -0.05) is 18.6 Å². The number of hydrogen-bond acceptors (Lipinski definition) is 4. The van der Waals surface area contributed by atoms with Crippen molar-refractivity contribution in [2.45, 2.75) is 57.0 Å². The molecule has 5 nitrogen and oxygen atoms in total. The second kappa shape index (κ2) is 8.09. The van der Waals surface area contributed by atoms with E-state index in [9.17, 15) is 4.79 Å². The lowest BCUT2D eigenvalue weighted by atomic mass is 9.65. The first-order valence-corrected chi connectivity index (χ1v) is 10.6. The summed E-state index contributed by atoms with van der Waals surface area (Å²) < 4.78 is 5.49. The molecule has 27 heavy (non-hydrogen) atoms. The van der Waals surface area contributed by atoms with Crippen LogP contribution in [0.5, 0.6) is 5.75 Å². The van der Waals surface area contributed by atoms with Crippen molar-refractivity contribution in [3.05, 3.63) is 24.3 Å². The van der Waals surface area contributed by atoms with Crippen LogP contribution in [0.4, 0.5) is 5.69 Å². The fraction of sp³-hybridized carbons (Fsp3) is 0.682. The van der Waals surface area contributed by atoms with Gasteiger partial charge in [-0.2, -0.15) is 0 Å². The predicted molar refractivity (Wildman–Crippen MR) is 108 cm³/mol. The minimum atomic E-state index is 0.173. The number of nitrogens with two attached hydrogens (primary N) is 1. The van der Waals surface area contributed by atoms with Gasteiger partial charge in [0.1, 0.15) is 5.75 Å². The monoisotopic (exact) mass is 371 g/mol. The van der Waals surface area contributed by atoms with Crippen LogP contribution in [0.2, 0.25) is 0 Å². The van der Waals surface area contributed by atoms with Gasteiger partial charge in [-0.15, -0.1) is 0 Å². The van der Waals surface area contributed by atoms with Crippen LogP contribution >= 0.6 is 0 Å². The minimum Gasteiger partial charge on any atom is -0.495 e. The van der Waals surface area contributed by atoms with Gasteiger partial charge in [-0.05, 0) is 62.5 Å². The number of hydrogen-bond donors (Lipinski definition) is 2. The molecule has 1 aliphatic heterocycles. The van der Waals surface area contributed by atoms with Crippen LogP contribution in [0.3, 0.4) is 0 Å². The molecular weight excluding hydrogens is 338 g/mol. The summed E-state index contributed by atoms with van der Waals surface area (Å²) in [5, 5.41) is 3.36. The van der Waals surface area contributed by atoms with Gasteiger partial charge in [-0.3, -0.25) is 4.79 Å². The van der Waals surface area contributed by atoms with E-state index >= 15 is 0 Å². The van der Waals surface area contributed by atoms with Gasteiger partial charge in [0.2, 0.25) is 5.91 Å².